The van der Waals surface area contributed by atoms with Gasteiger partial charge < -0.3 is 10.6 Å². The van der Waals surface area contributed by atoms with Gasteiger partial charge in [-0.15, -0.1) is 10.2 Å². The van der Waals surface area contributed by atoms with Crippen molar-refractivity contribution in [2.75, 3.05) is 18.4 Å². The van der Waals surface area contributed by atoms with Crippen LogP contribution >= 0.6 is 0 Å². The van der Waals surface area contributed by atoms with Gasteiger partial charge in [-0.25, -0.2) is 4.68 Å². The third kappa shape index (κ3) is 4.54. The largest absolute Gasteiger partial charge is 0.367 e. The van der Waals surface area contributed by atoms with Gasteiger partial charge in [-0.1, -0.05) is 6.07 Å². The van der Waals surface area contributed by atoms with Crippen molar-refractivity contribution in [1.82, 2.24) is 25.3 Å². The van der Waals surface area contributed by atoms with E-state index in [9.17, 15) is 14.9 Å². The first-order valence-electron chi connectivity index (χ1n) is 9.00. The molecular formula is C19H21N7O3. The number of benzene rings is 1. The van der Waals surface area contributed by atoms with E-state index in [0.717, 1.165) is 17.0 Å². The Morgan fingerprint density at radius 2 is 1.93 bits per heavy atom. The fourth-order valence-electron chi connectivity index (χ4n) is 2.71. The standard InChI is InChI=1S/C19H21N7O3/c1-12-13(2)24-25(14(12)3)18-8-7-17(22-23-18)20-9-10-21-19(27)15-5-4-6-16(11-15)26(28)29/h4-8,11H,9-10H2,1-3H3,(H,20,22)(H,21,27). The molecule has 29 heavy (non-hydrogen) atoms. The molecule has 0 radical (unpaired) electrons. The Morgan fingerprint density at radius 1 is 1.14 bits per heavy atom. The molecule has 2 aromatic heterocycles. The normalized spacial score (nSPS) is 10.6. The molecule has 3 aromatic rings. The average molecular weight is 395 g/mol. The molecule has 0 aliphatic heterocycles. The minimum Gasteiger partial charge on any atom is -0.367 e. The zero-order valence-corrected chi connectivity index (χ0v) is 16.3. The molecule has 10 heteroatoms. The second-order valence-corrected chi connectivity index (χ2v) is 6.47. The molecule has 0 saturated heterocycles. The number of rotatable bonds is 7. The van der Waals surface area contributed by atoms with Gasteiger partial charge in [-0.2, -0.15) is 5.10 Å². The highest BCUT2D eigenvalue weighted by Gasteiger charge is 2.12. The highest BCUT2D eigenvalue weighted by Crippen LogP contribution is 2.15. The maximum Gasteiger partial charge on any atom is 0.270 e. The zero-order chi connectivity index (χ0) is 21.0. The third-order valence-electron chi connectivity index (χ3n) is 4.56. The Morgan fingerprint density at radius 3 is 2.55 bits per heavy atom. The van der Waals surface area contributed by atoms with E-state index in [0.29, 0.717) is 24.7 Å². The molecule has 0 aliphatic rings. The summed E-state index contributed by atoms with van der Waals surface area (Å²) in [5.41, 5.74) is 3.20. The number of aromatic nitrogens is 4. The van der Waals surface area contributed by atoms with Gasteiger partial charge in [0.15, 0.2) is 5.82 Å². The van der Waals surface area contributed by atoms with E-state index < -0.39 is 4.92 Å². The lowest BCUT2D eigenvalue weighted by molar-refractivity contribution is -0.384. The van der Waals surface area contributed by atoms with Crippen LogP contribution in [0.15, 0.2) is 36.4 Å². The summed E-state index contributed by atoms with van der Waals surface area (Å²) < 4.78 is 1.75. The number of nitrogens with zero attached hydrogens (tertiary/aromatic N) is 5. The number of nitro benzene ring substituents is 1. The summed E-state index contributed by atoms with van der Waals surface area (Å²) in [6, 6.07) is 9.20. The number of nitro groups is 1. The minimum atomic E-state index is -0.534. The van der Waals surface area contributed by atoms with Gasteiger partial charge in [0.1, 0.15) is 5.82 Å². The Hall–Kier alpha value is -3.82. The van der Waals surface area contributed by atoms with E-state index in [-0.39, 0.29) is 17.2 Å². The first kappa shape index (κ1) is 19.9. The Labute approximate surface area is 167 Å². The molecule has 10 nitrogen and oxygen atoms in total. The van der Waals surface area contributed by atoms with Gasteiger partial charge in [0.2, 0.25) is 0 Å². The number of hydrogen-bond acceptors (Lipinski definition) is 7. The van der Waals surface area contributed by atoms with Crippen LogP contribution in [0, 0.1) is 30.9 Å². The van der Waals surface area contributed by atoms with Crippen LogP contribution in [0.25, 0.3) is 5.82 Å². The van der Waals surface area contributed by atoms with Gasteiger partial charge in [-0.3, -0.25) is 14.9 Å². The fraction of sp³-hybridized carbons (Fsp3) is 0.263. The summed E-state index contributed by atoms with van der Waals surface area (Å²) in [6.07, 6.45) is 0. The van der Waals surface area contributed by atoms with Crippen LogP contribution in [0.3, 0.4) is 0 Å². The lowest BCUT2D eigenvalue weighted by Crippen LogP contribution is -2.29. The number of nitrogens with one attached hydrogen (secondary N) is 2. The molecule has 1 amide bonds. The van der Waals surface area contributed by atoms with E-state index in [4.69, 9.17) is 0 Å². The quantitative estimate of drug-likeness (QED) is 0.357. The van der Waals surface area contributed by atoms with E-state index in [2.05, 4.69) is 25.9 Å². The van der Waals surface area contributed by atoms with Crippen LogP contribution in [0.4, 0.5) is 11.5 Å². The first-order chi connectivity index (χ1) is 13.9. The predicted molar refractivity (Wildman–Crippen MR) is 107 cm³/mol. The molecule has 0 spiro atoms. The van der Waals surface area contributed by atoms with Crippen LogP contribution in [0.1, 0.15) is 27.3 Å². The average Bonchev–Trinajstić information content (AvgIpc) is 2.99. The number of aryl methyl sites for hydroxylation is 1. The van der Waals surface area contributed by atoms with Crippen molar-refractivity contribution in [1.29, 1.82) is 0 Å². The summed E-state index contributed by atoms with van der Waals surface area (Å²) in [4.78, 5) is 22.4. The topological polar surface area (TPSA) is 128 Å². The van der Waals surface area contributed by atoms with E-state index >= 15 is 0 Å². The molecule has 0 saturated carbocycles. The van der Waals surface area contributed by atoms with E-state index in [1.807, 2.05) is 26.8 Å². The van der Waals surface area contributed by atoms with Crippen molar-refractivity contribution in [3.05, 3.63) is 69.0 Å². The zero-order valence-electron chi connectivity index (χ0n) is 16.3. The van der Waals surface area contributed by atoms with Gasteiger partial charge in [0.25, 0.3) is 11.6 Å². The summed E-state index contributed by atoms with van der Waals surface area (Å²) in [5.74, 6) is 0.816. The van der Waals surface area contributed by atoms with Gasteiger partial charge in [0.05, 0.1) is 10.6 Å². The highest BCUT2D eigenvalue weighted by atomic mass is 16.6. The molecule has 0 aliphatic carbocycles. The smallest absolute Gasteiger partial charge is 0.270 e. The molecule has 1 aromatic carbocycles. The van der Waals surface area contributed by atoms with Crippen LogP contribution in [0.5, 0.6) is 0 Å². The molecule has 2 N–H and O–H groups in total. The lowest BCUT2D eigenvalue weighted by atomic mass is 10.2. The van der Waals surface area contributed by atoms with E-state index in [1.165, 1.54) is 24.3 Å². The second-order valence-electron chi connectivity index (χ2n) is 6.47. The maximum atomic E-state index is 12.1. The van der Waals surface area contributed by atoms with Crippen LogP contribution in [-0.2, 0) is 0 Å². The summed E-state index contributed by atoms with van der Waals surface area (Å²) >= 11 is 0. The summed E-state index contributed by atoms with van der Waals surface area (Å²) in [5, 5.41) is 29.3. The van der Waals surface area contributed by atoms with Crippen molar-refractivity contribution in [2.45, 2.75) is 20.8 Å². The van der Waals surface area contributed by atoms with Crippen LogP contribution in [-0.4, -0.2) is 43.9 Å². The number of hydrogen-bond donors (Lipinski definition) is 2. The fourth-order valence-corrected chi connectivity index (χ4v) is 2.71. The van der Waals surface area contributed by atoms with E-state index in [1.54, 1.807) is 10.7 Å². The van der Waals surface area contributed by atoms with Crippen LogP contribution < -0.4 is 10.6 Å². The molecule has 2 heterocycles. The van der Waals surface area contributed by atoms with Gasteiger partial charge in [0, 0.05) is 36.5 Å². The summed E-state index contributed by atoms with van der Waals surface area (Å²) in [7, 11) is 0. The maximum absolute atomic E-state index is 12.1. The number of non-ortho nitro benzene ring substituents is 1. The van der Waals surface area contributed by atoms with Crippen molar-refractivity contribution in [3.8, 4) is 5.82 Å². The van der Waals surface area contributed by atoms with Crippen molar-refractivity contribution in [2.24, 2.45) is 0 Å². The number of anilines is 1. The molecule has 0 atom stereocenters. The van der Waals surface area contributed by atoms with Gasteiger partial charge in [-0.05, 0) is 44.5 Å². The number of carbonyl (C=O) groups excluding carboxylic acids is 1. The lowest BCUT2D eigenvalue weighted by Gasteiger charge is -2.08. The Bertz CT molecular complexity index is 1040. The molecule has 3 rings (SSSR count). The van der Waals surface area contributed by atoms with Crippen molar-refractivity contribution >= 4 is 17.4 Å². The van der Waals surface area contributed by atoms with Crippen molar-refractivity contribution < 1.29 is 9.72 Å². The minimum absolute atomic E-state index is 0.121. The summed E-state index contributed by atoms with van der Waals surface area (Å²) in [6.45, 7) is 6.69. The highest BCUT2D eigenvalue weighted by molar-refractivity contribution is 5.94. The predicted octanol–water partition coefficient (Wildman–Crippen LogP) is 2.34. The van der Waals surface area contributed by atoms with Gasteiger partial charge >= 0.3 is 0 Å². The number of carbonyl (C=O) groups is 1. The molecule has 0 unspecified atom stereocenters. The Kier molecular flexibility index (Phi) is 5.82. The van der Waals surface area contributed by atoms with Crippen molar-refractivity contribution in [3.63, 3.8) is 0 Å². The molecule has 0 bridgehead atoms. The first-order valence-corrected chi connectivity index (χ1v) is 9.00. The second kappa shape index (κ2) is 8.46. The molecule has 0 fully saturated rings. The number of amides is 1. The SMILES string of the molecule is Cc1nn(-c2ccc(NCCNC(=O)c3cccc([N+](=O)[O-])c3)nn2)c(C)c1C. The van der Waals surface area contributed by atoms with Crippen LogP contribution in [0.2, 0.25) is 0 Å². The molecular weight excluding hydrogens is 374 g/mol. The Balaban J connectivity index is 1.52. The monoisotopic (exact) mass is 395 g/mol. The third-order valence-corrected chi connectivity index (χ3v) is 4.56. The molecule has 150 valence electrons.